The highest BCUT2D eigenvalue weighted by Gasteiger charge is 2.37. The van der Waals surface area contributed by atoms with Crippen LogP contribution in [0.25, 0.3) is 6.08 Å². The summed E-state index contributed by atoms with van der Waals surface area (Å²) in [6, 6.07) is 7.24. The fourth-order valence-corrected chi connectivity index (χ4v) is 2.75. The first-order chi connectivity index (χ1) is 10.5. The monoisotopic (exact) mass is 318 g/mol. The van der Waals surface area contributed by atoms with Crippen molar-refractivity contribution >= 4 is 35.2 Å². The van der Waals surface area contributed by atoms with Crippen molar-refractivity contribution in [3.05, 3.63) is 35.4 Å². The summed E-state index contributed by atoms with van der Waals surface area (Å²) in [7, 11) is 1.55. The lowest BCUT2D eigenvalue weighted by atomic mass is 10.1. The second-order valence-electron chi connectivity index (χ2n) is 4.68. The van der Waals surface area contributed by atoms with Crippen LogP contribution >= 0.6 is 12.2 Å². The zero-order chi connectivity index (χ0) is 16.3. The Kier molecular flexibility index (Phi) is 4.92. The molecule has 0 aliphatic carbocycles. The topological polar surface area (TPSA) is 49.9 Å². The Hall–Kier alpha value is -2.21. The SMILES string of the molecule is CCN1C(=O)C(=Cc2ccccc2OC)C(=O)N(CC)C1=S. The normalized spacial score (nSPS) is 15.4. The Morgan fingerprint density at radius 2 is 1.64 bits per heavy atom. The molecule has 22 heavy (non-hydrogen) atoms. The van der Waals surface area contributed by atoms with E-state index in [1.807, 2.05) is 26.0 Å². The van der Waals surface area contributed by atoms with E-state index >= 15 is 0 Å². The number of methoxy groups -OCH3 is 1. The van der Waals surface area contributed by atoms with Gasteiger partial charge < -0.3 is 4.74 Å². The van der Waals surface area contributed by atoms with E-state index in [0.717, 1.165) is 0 Å². The number of ether oxygens (including phenoxy) is 1. The van der Waals surface area contributed by atoms with Gasteiger partial charge in [-0.05, 0) is 38.2 Å². The van der Waals surface area contributed by atoms with Gasteiger partial charge in [-0.15, -0.1) is 0 Å². The average Bonchev–Trinajstić information content (AvgIpc) is 2.53. The van der Waals surface area contributed by atoms with Gasteiger partial charge in [-0.1, -0.05) is 18.2 Å². The van der Waals surface area contributed by atoms with Crippen molar-refractivity contribution < 1.29 is 14.3 Å². The van der Waals surface area contributed by atoms with Crippen LogP contribution in [0.15, 0.2) is 29.8 Å². The van der Waals surface area contributed by atoms with Gasteiger partial charge in [0.1, 0.15) is 11.3 Å². The molecule has 0 radical (unpaired) electrons. The van der Waals surface area contributed by atoms with E-state index in [0.29, 0.717) is 24.4 Å². The van der Waals surface area contributed by atoms with Gasteiger partial charge in [-0.2, -0.15) is 0 Å². The number of benzene rings is 1. The zero-order valence-corrected chi connectivity index (χ0v) is 13.6. The molecule has 1 aromatic carbocycles. The molecule has 1 aliphatic rings. The number of hydrogen-bond donors (Lipinski definition) is 0. The first-order valence-corrected chi connectivity index (χ1v) is 7.48. The number of nitrogens with zero attached hydrogens (tertiary/aromatic N) is 2. The number of likely N-dealkylation sites (N-methyl/N-ethyl adjacent to an activating group) is 2. The minimum Gasteiger partial charge on any atom is -0.496 e. The van der Waals surface area contributed by atoms with Crippen LogP contribution in [0.5, 0.6) is 5.75 Å². The molecule has 116 valence electrons. The van der Waals surface area contributed by atoms with Gasteiger partial charge >= 0.3 is 0 Å². The van der Waals surface area contributed by atoms with Gasteiger partial charge in [0.05, 0.1) is 7.11 Å². The molecule has 0 atom stereocenters. The van der Waals surface area contributed by atoms with E-state index in [2.05, 4.69) is 0 Å². The predicted molar refractivity (Wildman–Crippen MR) is 88.3 cm³/mol. The summed E-state index contributed by atoms with van der Waals surface area (Å²) in [6.07, 6.45) is 1.57. The minimum atomic E-state index is -0.367. The van der Waals surface area contributed by atoms with Gasteiger partial charge in [0.15, 0.2) is 5.11 Å². The third kappa shape index (κ3) is 2.74. The fraction of sp³-hybridized carbons (Fsp3) is 0.312. The second-order valence-corrected chi connectivity index (χ2v) is 5.05. The molecule has 1 fully saturated rings. The summed E-state index contributed by atoms with van der Waals surface area (Å²) >= 11 is 5.23. The second kappa shape index (κ2) is 6.70. The summed E-state index contributed by atoms with van der Waals surface area (Å²) in [5.41, 5.74) is 0.781. The summed E-state index contributed by atoms with van der Waals surface area (Å²) in [6.45, 7) is 4.50. The van der Waals surface area contributed by atoms with E-state index in [-0.39, 0.29) is 22.5 Å². The van der Waals surface area contributed by atoms with Crippen LogP contribution < -0.4 is 4.74 Å². The molecule has 1 aliphatic heterocycles. The van der Waals surface area contributed by atoms with Crippen molar-refractivity contribution in [3.8, 4) is 5.75 Å². The van der Waals surface area contributed by atoms with Crippen LogP contribution in [0.1, 0.15) is 19.4 Å². The van der Waals surface area contributed by atoms with E-state index in [4.69, 9.17) is 17.0 Å². The van der Waals surface area contributed by atoms with Gasteiger partial charge in [-0.25, -0.2) is 0 Å². The van der Waals surface area contributed by atoms with Crippen LogP contribution in [-0.2, 0) is 9.59 Å². The Bertz CT molecular complexity index is 627. The maximum Gasteiger partial charge on any atom is 0.265 e. The van der Waals surface area contributed by atoms with Crippen molar-refractivity contribution in [2.45, 2.75) is 13.8 Å². The molecule has 0 spiro atoms. The lowest BCUT2D eigenvalue weighted by Crippen LogP contribution is -2.55. The average molecular weight is 318 g/mol. The van der Waals surface area contributed by atoms with Crippen LogP contribution in [0.3, 0.4) is 0 Å². The molecular weight excluding hydrogens is 300 g/mol. The summed E-state index contributed by atoms with van der Waals surface area (Å²) in [5.74, 6) is -0.129. The zero-order valence-electron chi connectivity index (χ0n) is 12.8. The number of rotatable bonds is 4. The van der Waals surface area contributed by atoms with E-state index in [9.17, 15) is 9.59 Å². The molecule has 0 unspecified atom stereocenters. The molecule has 0 bridgehead atoms. The first kappa shape index (κ1) is 16.2. The van der Waals surface area contributed by atoms with Crippen molar-refractivity contribution in [3.63, 3.8) is 0 Å². The Balaban J connectivity index is 2.51. The number of para-hydroxylation sites is 1. The van der Waals surface area contributed by atoms with Crippen LogP contribution in [-0.4, -0.2) is 46.9 Å². The van der Waals surface area contributed by atoms with Gasteiger partial charge in [-0.3, -0.25) is 19.4 Å². The van der Waals surface area contributed by atoms with Gasteiger partial charge in [0.2, 0.25) is 0 Å². The van der Waals surface area contributed by atoms with Gasteiger partial charge in [0, 0.05) is 18.7 Å². The highest BCUT2D eigenvalue weighted by molar-refractivity contribution is 7.80. The Morgan fingerprint density at radius 1 is 1.09 bits per heavy atom. The molecular formula is C16H18N2O3S. The van der Waals surface area contributed by atoms with Crippen LogP contribution in [0.2, 0.25) is 0 Å². The smallest absolute Gasteiger partial charge is 0.265 e. The lowest BCUT2D eigenvalue weighted by Gasteiger charge is -2.35. The number of amides is 2. The number of thiocarbonyl (C=S) groups is 1. The number of carbonyl (C=O) groups excluding carboxylic acids is 2. The highest BCUT2D eigenvalue weighted by Crippen LogP contribution is 2.24. The first-order valence-electron chi connectivity index (χ1n) is 7.07. The predicted octanol–water partition coefficient (Wildman–Crippen LogP) is 2.07. The molecule has 1 aromatic rings. The van der Waals surface area contributed by atoms with Crippen LogP contribution in [0.4, 0.5) is 0 Å². The molecule has 0 saturated carbocycles. The van der Waals surface area contributed by atoms with Crippen molar-refractivity contribution in [2.24, 2.45) is 0 Å². The quantitative estimate of drug-likeness (QED) is 0.484. The van der Waals surface area contributed by atoms with Crippen molar-refractivity contribution in [1.29, 1.82) is 0 Å². The van der Waals surface area contributed by atoms with Crippen molar-refractivity contribution in [1.82, 2.24) is 9.80 Å². The third-order valence-corrected chi connectivity index (χ3v) is 3.92. The molecule has 0 N–H and O–H groups in total. The maximum atomic E-state index is 12.5. The van der Waals surface area contributed by atoms with Crippen molar-refractivity contribution in [2.75, 3.05) is 20.2 Å². The minimum absolute atomic E-state index is 0.0989. The molecule has 1 heterocycles. The van der Waals surface area contributed by atoms with Crippen LogP contribution in [0, 0.1) is 0 Å². The van der Waals surface area contributed by atoms with Gasteiger partial charge in [0.25, 0.3) is 11.8 Å². The molecule has 0 aromatic heterocycles. The molecule has 2 rings (SSSR count). The molecule has 1 saturated heterocycles. The largest absolute Gasteiger partial charge is 0.496 e. The number of carbonyl (C=O) groups is 2. The fourth-order valence-electron chi connectivity index (χ4n) is 2.32. The van der Waals surface area contributed by atoms with E-state index < -0.39 is 0 Å². The highest BCUT2D eigenvalue weighted by atomic mass is 32.1. The molecule has 5 nitrogen and oxygen atoms in total. The van der Waals surface area contributed by atoms with E-state index in [1.165, 1.54) is 9.80 Å². The third-order valence-electron chi connectivity index (χ3n) is 3.48. The summed E-state index contributed by atoms with van der Waals surface area (Å²) in [5, 5.41) is 0.261. The molecule has 2 amide bonds. The molecule has 6 heteroatoms. The number of hydrogen-bond acceptors (Lipinski definition) is 4. The Labute approximate surface area is 135 Å². The summed E-state index contributed by atoms with van der Waals surface area (Å²) < 4.78 is 5.26. The standard InChI is InChI=1S/C16H18N2O3S/c1-4-17-14(19)12(15(20)18(5-2)16(17)22)10-11-8-6-7-9-13(11)21-3/h6-10H,4-5H2,1-3H3. The summed E-state index contributed by atoms with van der Waals surface area (Å²) in [4.78, 5) is 27.9. The van der Waals surface area contributed by atoms with E-state index in [1.54, 1.807) is 25.3 Å². The Morgan fingerprint density at radius 3 is 2.14 bits per heavy atom. The maximum absolute atomic E-state index is 12.5. The lowest BCUT2D eigenvalue weighted by molar-refractivity contribution is -0.133.